The van der Waals surface area contributed by atoms with Gasteiger partial charge in [-0.05, 0) is 24.3 Å². The molecule has 0 aliphatic rings. The predicted molar refractivity (Wildman–Crippen MR) is 66.4 cm³/mol. The zero-order valence-electron chi connectivity index (χ0n) is 10.2. The van der Waals surface area contributed by atoms with E-state index in [0.717, 1.165) is 18.4 Å². The van der Waals surface area contributed by atoms with Crippen molar-refractivity contribution < 1.29 is 10.2 Å². The van der Waals surface area contributed by atoms with E-state index >= 15 is 0 Å². The minimum atomic E-state index is -0.481. The molecule has 0 fully saturated rings. The molecule has 16 heavy (non-hydrogen) atoms. The van der Waals surface area contributed by atoms with Crippen molar-refractivity contribution in [2.24, 2.45) is 5.92 Å². The molecule has 0 saturated carbocycles. The number of aliphatic hydroxyl groups is 2. The van der Waals surface area contributed by atoms with Gasteiger partial charge >= 0.3 is 0 Å². The van der Waals surface area contributed by atoms with Crippen molar-refractivity contribution in [1.82, 2.24) is 0 Å². The lowest BCUT2D eigenvalue weighted by atomic mass is 9.77. The fourth-order valence-electron chi connectivity index (χ4n) is 1.89. The van der Waals surface area contributed by atoms with Crippen LogP contribution < -0.4 is 0 Å². The topological polar surface area (TPSA) is 40.5 Å². The molecule has 0 saturated heterocycles. The molecule has 0 unspecified atom stereocenters. The SMILES string of the molecule is CC(C)CCC(CO)(CO)c1ccccc1. The van der Waals surface area contributed by atoms with Gasteiger partial charge in [-0.2, -0.15) is 0 Å². The highest BCUT2D eigenvalue weighted by atomic mass is 16.3. The maximum Gasteiger partial charge on any atom is 0.0550 e. The Morgan fingerprint density at radius 2 is 1.62 bits per heavy atom. The normalized spacial score (nSPS) is 12.1. The van der Waals surface area contributed by atoms with Crippen LogP contribution in [0.2, 0.25) is 0 Å². The Hall–Kier alpha value is -0.860. The Morgan fingerprint density at radius 3 is 2.06 bits per heavy atom. The predicted octanol–water partition coefficient (Wildman–Crippen LogP) is 2.35. The van der Waals surface area contributed by atoms with E-state index in [0.29, 0.717) is 5.92 Å². The van der Waals surface area contributed by atoms with Crippen molar-refractivity contribution in [3.63, 3.8) is 0 Å². The van der Waals surface area contributed by atoms with Gasteiger partial charge in [-0.25, -0.2) is 0 Å². The first-order valence-corrected chi connectivity index (χ1v) is 5.92. The molecule has 0 aliphatic carbocycles. The number of rotatable bonds is 6. The first-order chi connectivity index (χ1) is 7.64. The molecule has 0 atom stereocenters. The highest BCUT2D eigenvalue weighted by Crippen LogP contribution is 2.30. The van der Waals surface area contributed by atoms with E-state index in [-0.39, 0.29) is 13.2 Å². The van der Waals surface area contributed by atoms with E-state index in [9.17, 15) is 10.2 Å². The summed E-state index contributed by atoms with van der Waals surface area (Å²) in [6.45, 7) is 4.31. The van der Waals surface area contributed by atoms with Gasteiger partial charge in [-0.15, -0.1) is 0 Å². The number of aliphatic hydroxyl groups excluding tert-OH is 2. The van der Waals surface area contributed by atoms with Gasteiger partial charge in [-0.1, -0.05) is 44.2 Å². The Labute approximate surface area is 97.9 Å². The van der Waals surface area contributed by atoms with Gasteiger partial charge in [0.2, 0.25) is 0 Å². The molecular weight excluding hydrogens is 200 g/mol. The van der Waals surface area contributed by atoms with Gasteiger partial charge in [0.15, 0.2) is 0 Å². The lowest BCUT2D eigenvalue weighted by Gasteiger charge is -2.31. The molecular formula is C14H22O2. The largest absolute Gasteiger partial charge is 0.395 e. The minimum absolute atomic E-state index is 0.000231. The number of benzene rings is 1. The summed E-state index contributed by atoms with van der Waals surface area (Å²) in [6, 6.07) is 9.81. The molecule has 0 amide bonds. The Morgan fingerprint density at radius 1 is 1.06 bits per heavy atom. The second-order valence-electron chi connectivity index (χ2n) is 4.90. The van der Waals surface area contributed by atoms with Crippen LogP contribution in [0.15, 0.2) is 30.3 Å². The molecule has 0 spiro atoms. The molecule has 0 heterocycles. The van der Waals surface area contributed by atoms with Gasteiger partial charge in [-0.3, -0.25) is 0 Å². The van der Waals surface area contributed by atoms with Crippen molar-refractivity contribution in [3.8, 4) is 0 Å². The molecule has 2 N–H and O–H groups in total. The summed E-state index contributed by atoms with van der Waals surface area (Å²) in [4.78, 5) is 0. The third kappa shape index (κ3) is 3.06. The van der Waals surface area contributed by atoms with Gasteiger partial charge in [0.25, 0.3) is 0 Å². The van der Waals surface area contributed by atoms with Crippen LogP contribution in [0.1, 0.15) is 32.3 Å². The van der Waals surface area contributed by atoms with Gasteiger partial charge < -0.3 is 10.2 Å². The summed E-state index contributed by atoms with van der Waals surface area (Å²) in [6.07, 6.45) is 1.83. The van der Waals surface area contributed by atoms with Crippen LogP contribution in [0.3, 0.4) is 0 Å². The average Bonchev–Trinajstić information content (AvgIpc) is 2.32. The quantitative estimate of drug-likeness (QED) is 0.775. The third-order valence-corrected chi connectivity index (χ3v) is 3.19. The third-order valence-electron chi connectivity index (χ3n) is 3.19. The van der Waals surface area contributed by atoms with Crippen molar-refractivity contribution in [1.29, 1.82) is 0 Å². The number of hydrogen-bond donors (Lipinski definition) is 2. The van der Waals surface area contributed by atoms with Crippen LogP contribution in [0.5, 0.6) is 0 Å². The summed E-state index contributed by atoms with van der Waals surface area (Å²) in [5, 5.41) is 19.2. The molecule has 0 aliphatic heterocycles. The first kappa shape index (κ1) is 13.2. The fraction of sp³-hybridized carbons (Fsp3) is 0.571. The maximum absolute atomic E-state index is 9.58. The molecule has 2 heteroatoms. The van der Waals surface area contributed by atoms with E-state index in [1.165, 1.54) is 0 Å². The molecule has 1 aromatic rings. The van der Waals surface area contributed by atoms with Gasteiger partial charge in [0.1, 0.15) is 0 Å². The lowest BCUT2D eigenvalue weighted by molar-refractivity contribution is 0.105. The minimum Gasteiger partial charge on any atom is -0.395 e. The average molecular weight is 222 g/mol. The van der Waals surface area contributed by atoms with Crippen LogP contribution in [0.25, 0.3) is 0 Å². The van der Waals surface area contributed by atoms with E-state index in [1.807, 2.05) is 30.3 Å². The van der Waals surface area contributed by atoms with Crippen LogP contribution >= 0.6 is 0 Å². The molecule has 0 radical (unpaired) electrons. The van der Waals surface area contributed by atoms with Crippen LogP contribution in [0, 0.1) is 5.92 Å². The van der Waals surface area contributed by atoms with E-state index in [1.54, 1.807) is 0 Å². The molecule has 0 bridgehead atoms. The second kappa shape index (κ2) is 6.02. The van der Waals surface area contributed by atoms with Crippen molar-refractivity contribution in [2.45, 2.75) is 32.1 Å². The van der Waals surface area contributed by atoms with Crippen molar-refractivity contribution >= 4 is 0 Å². The first-order valence-electron chi connectivity index (χ1n) is 5.92. The van der Waals surface area contributed by atoms with Crippen molar-refractivity contribution in [2.75, 3.05) is 13.2 Å². The Balaban J connectivity index is 2.87. The molecule has 2 nitrogen and oxygen atoms in total. The molecule has 1 aromatic carbocycles. The van der Waals surface area contributed by atoms with Crippen LogP contribution in [0.4, 0.5) is 0 Å². The van der Waals surface area contributed by atoms with Crippen LogP contribution in [-0.2, 0) is 5.41 Å². The van der Waals surface area contributed by atoms with Gasteiger partial charge in [0.05, 0.1) is 13.2 Å². The van der Waals surface area contributed by atoms with E-state index < -0.39 is 5.41 Å². The Kier molecular flexibility index (Phi) is 4.97. The summed E-state index contributed by atoms with van der Waals surface area (Å²) >= 11 is 0. The fourth-order valence-corrected chi connectivity index (χ4v) is 1.89. The molecule has 0 aromatic heterocycles. The summed E-state index contributed by atoms with van der Waals surface area (Å²) in [5.74, 6) is 0.584. The highest BCUT2D eigenvalue weighted by Gasteiger charge is 2.30. The second-order valence-corrected chi connectivity index (χ2v) is 4.90. The summed E-state index contributed by atoms with van der Waals surface area (Å²) < 4.78 is 0. The standard InChI is InChI=1S/C14H22O2/c1-12(2)8-9-14(10-15,11-16)13-6-4-3-5-7-13/h3-7,12,15-16H,8-11H2,1-2H3. The van der Waals surface area contributed by atoms with Crippen LogP contribution in [-0.4, -0.2) is 23.4 Å². The zero-order valence-corrected chi connectivity index (χ0v) is 10.2. The Bertz CT molecular complexity index is 289. The van der Waals surface area contributed by atoms with E-state index in [2.05, 4.69) is 13.8 Å². The zero-order chi connectivity index (χ0) is 12.0. The highest BCUT2D eigenvalue weighted by molar-refractivity contribution is 5.25. The van der Waals surface area contributed by atoms with E-state index in [4.69, 9.17) is 0 Å². The smallest absolute Gasteiger partial charge is 0.0550 e. The summed E-state index contributed by atoms with van der Waals surface area (Å²) in [5.41, 5.74) is 0.548. The monoisotopic (exact) mass is 222 g/mol. The summed E-state index contributed by atoms with van der Waals surface area (Å²) in [7, 11) is 0. The lowest BCUT2D eigenvalue weighted by Crippen LogP contribution is -2.35. The molecule has 90 valence electrons. The van der Waals surface area contributed by atoms with Crippen molar-refractivity contribution in [3.05, 3.63) is 35.9 Å². The van der Waals surface area contributed by atoms with Gasteiger partial charge in [0, 0.05) is 5.41 Å². The maximum atomic E-state index is 9.58. The number of hydrogen-bond acceptors (Lipinski definition) is 2. The molecule has 1 rings (SSSR count).